The molecule has 1 aromatic carbocycles. The average Bonchev–Trinajstić information content (AvgIpc) is 2.31. The van der Waals surface area contributed by atoms with Gasteiger partial charge in [0.2, 0.25) is 0 Å². The maximum atomic E-state index is 13.4. The molecule has 0 aliphatic carbocycles. The van der Waals surface area contributed by atoms with E-state index in [2.05, 4.69) is 0 Å². The SMILES string of the molecule is CC(=O)SCC(O)C(O)c1cc(C)c(F)c(C)c1. The van der Waals surface area contributed by atoms with Crippen molar-refractivity contribution >= 4 is 16.9 Å². The lowest BCUT2D eigenvalue weighted by atomic mass is 10.00. The summed E-state index contributed by atoms with van der Waals surface area (Å²) in [5.41, 5.74) is 1.31. The third-order valence-electron chi connectivity index (χ3n) is 2.62. The van der Waals surface area contributed by atoms with Gasteiger partial charge < -0.3 is 10.2 Å². The lowest BCUT2D eigenvalue weighted by Gasteiger charge is -2.18. The van der Waals surface area contributed by atoms with Gasteiger partial charge in [0.25, 0.3) is 0 Å². The van der Waals surface area contributed by atoms with Crippen molar-refractivity contribution in [2.45, 2.75) is 33.0 Å². The monoisotopic (exact) mass is 272 g/mol. The number of benzene rings is 1. The second-order valence-electron chi connectivity index (χ2n) is 4.28. The Kier molecular flexibility index (Phi) is 5.31. The molecule has 0 bridgehead atoms. The van der Waals surface area contributed by atoms with Crippen molar-refractivity contribution in [1.82, 2.24) is 0 Å². The molecule has 0 aromatic heterocycles. The Balaban J connectivity index is 2.83. The van der Waals surface area contributed by atoms with Crippen LogP contribution in [-0.2, 0) is 4.79 Å². The number of aliphatic hydroxyl groups is 2. The van der Waals surface area contributed by atoms with Crippen molar-refractivity contribution in [2.24, 2.45) is 0 Å². The summed E-state index contributed by atoms with van der Waals surface area (Å²) in [4.78, 5) is 10.8. The molecule has 0 amide bonds. The molecule has 1 aromatic rings. The third-order valence-corrected chi connectivity index (χ3v) is 3.54. The number of hydrogen-bond donors (Lipinski definition) is 2. The molecule has 0 radical (unpaired) electrons. The van der Waals surface area contributed by atoms with Crippen LogP contribution in [0.1, 0.15) is 29.7 Å². The Hall–Kier alpha value is -0.910. The summed E-state index contributed by atoms with van der Waals surface area (Å²) in [5.74, 6) is -0.190. The van der Waals surface area contributed by atoms with Gasteiger partial charge in [-0.3, -0.25) is 4.79 Å². The van der Waals surface area contributed by atoms with Gasteiger partial charge in [0, 0.05) is 12.7 Å². The van der Waals surface area contributed by atoms with Gasteiger partial charge in [0.15, 0.2) is 5.12 Å². The average molecular weight is 272 g/mol. The Bertz CT molecular complexity index is 425. The maximum Gasteiger partial charge on any atom is 0.185 e. The zero-order valence-electron chi connectivity index (χ0n) is 10.6. The van der Waals surface area contributed by atoms with Crippen molar-refractivity contribution in [1.29, 1.82) is 0 Å². The largest absolute Gasteiger partial charge is 0.389 e. The van der Waals surface area contributed by atoms with Gasteiger partial charge in [-0.15, -0.1) is 0 Å². The van der Waals surface area contributed by atoms with Gasteiger partial charge in [-0.05, 0) is 30.5 Å². The Morgan fingerprint density at radius 3 is 2.28 bits per heavy atom. The quantitative estimate of drug-likeness (QED) is 0.881. The minimum Gasteiger partial charge on any atom is -0.389 e. The number of rotatable bonds is 4. The van der Waals surface area contributed by atoms with Crippen LogP contribution in [0.15, 0.2) is 12.1 Å². The highest BCUT2D eigenvalue weighted by Gasteiger charge is 2.20. The highest BCUT2D eigenvalue weighted by molar-refractivity contribution is 8.13. The van der Waals surface area contributed by atoms with Gasteiger partial charge in [-0.2, -0.15) is 0 Å². The summed E-state index contributed by atoms with van der Waals surface area (Å²) in [6.45, 7) is 4.61. The smallest absolute Gasteiger partial charge is 0.185 e. The summed E-state index contributed by atoms with van der Waals surface area (Å²) in [5, 5.41) is 19.6. The molecule has 0 aliphatic heterocycles. The van der Waals surface area contributed by atoms with Crippen molar-refractivity contribution in [2.75, 3.05) is 5.75 Å². The Morgan fingerprint density at radius 2 is 1.83 bits per heavy atom. The van der Waals surface area contributed by atoms with Crippen LogP contribution >= 0.6 is 11.8 Å². The highest BCUT2D eigenvalue weighted by atomic mass is 32.2. The molecular weight excluding hydrogens is 255 g/mol. The molecule has 100 valence electrons. The third kappa shape index (κ3) is 3.80. The zero-order chi connectivity index (χ0) is 13.9. The fourth-order valence-corrected chi connectivity index (χ4v) is 2.25. The first-order valence-corrected chi connectivity index (χ1v) is 6.57. The first-order valence-electron chi connectivity index (χ1n) is 5.59. The lowest BCUT2D eigenvalue weighted by molar-refractivity contribution is -0.109. The molecule has 2 atom stereocenters. The zero-order valence-corrected chi connectivity index (χ0v) is 11.4. The van der Waals surface area contributed by atoms with Crippen LogP contribution in [0.5, 0.6) is 0 Å². The number of carbonyl (C=O) groups is 1. The molecule has 0 heterocycles. The number of thioether (sulfide) groups is 1. The van der Waals surface area contributed by atoms with Crippen LogP contribution in [0.3, 0.4) is 0 Å². The Labute approximate surface area is 110 Å². The minimum atomic E-state index is -1.12. The van der Waals surface area contributed by atoms with E-state index in [0.29, 0.717) is 16.7 Å². The molecule has 2 N–H and O–H groups in total. The van der Waals surface area contributed by atoms with E-state index >= 15 is 0 Å². The second-order valence-corrected chi connectivity index (χ2v) is 5.48. The van der Waals surface area contributed by atoms with E-state index in [0.717, 1.165) is 11.8 Å². The normalized spacial score (nSPS) is 14.3. The predicted molar refractivity (Wildman–Crippen MR) is 70.0 cm³/mol. The summed E-state index contributed by atoms with van der Waals surface area (Å²) in [6, 6.07) is 3.02. The van der Waals surface area contributed by atoms with Crippen molar-refractivity contribution < 1.29 is 19.4 Å². The van der Waals surface area contributed by atoms with Gasteiger partial charge in [0.1, 0.15) is 11.9 Å². The van der Waals surface area contributed by atoms with Crippen LogP contribution in [0, 0.1) is 19.7 Å². The van der Waals surface area contributed by atoms with Gasteiger partial charge in [-0.25, -0.2) is 4.39 Å². The lowest BCUT2D eigenvalue weighted by Crippen LogP contribution is -2.21. The first-order chi connectivity index (χ1) is 8.32. The van der Waals surface area contributed by atoms with E-state index < -0.39 is 12.2 Å². The summed E-state index contributed by atoms with van der Waals surface area (Å²) < 4.78 is 13.4. The van der Waals surface area contributed by atoms with Crippen molar-refractivity contribution in [3.05, 3.63) is 34.6 Å². The fraction of sp³-hybridized carbons (Fsp3) is 0.462. The summed E-state index contributed by atoms with van der Waals surface area (Å²) in [7, 11) is 0. The van der Waals surface area contributed by atoms with Gasteiger partial charge >= 0.3 is 0 Å². The van der Waals surface area contributed by atoms with Crippen LogP contribution in [0.2, 0.25) is 0 Å². The second kappa shape index (κ2) is 6.31. The van der Waals surface area contributed by atoms with E-state index in [1.54, 1.807) is 13.8 Å². The van der Waals surface area contributed by atoms with Gasteiger partial charge in [-0.1, -0.05) is 23.9 Å². The minimum absolute atomic E-state index is 0.117. The van der Waals surface area contributed by atoms with E-state index in [1.165, 1.54) is 19.1 Å². The van der Waals surface area contributed by atoms with Crippen LogP contribution < -0.4 is 0 Å². The molecule has 0 fully saturated rings. The van der Waals surface area contributed by atoms with E-state index in [4.69, 9.17) is 0 Å². The maximum absolute atomic E-state index is 13.4. The predicted octanol–water partition coefficient (Wildman–Crippen LogP) is 2.12. The molecule has 5 heteroatoms. The van der Waals surface area contributed by atoms with Crippen LogP contribution in [0.4, 0.5) is 4.39 Å². The molecule has 0 aliphatic rings. The molecule has 0 saturated carbocycles. The number of carbonyl (C=O) groups excluding carboxylic acids is 1. The molecule has 0 saturated heterocycles. The van der Waals surface area contributed by atoms with E-state index in [9.17, 15) is 19.4 Å². The van der Waals surface area contributed by atoms with Crippen molar-refractivity contribution in [3.63, 3.8) is 0 Å². The first kappa shape index (κ1) is 15.1. The molecule has 1 rings (SSSR count). The summed E-state index contributed by atoms with van der Waals surface area (Å²) >= 11 is 0.951. The molecule has 18 heavy (non-hydrogen) atoms. The van der Waals surface area contributed by atoms with Crippen LogP contribution in [-0.4, -0.2) is 27.2 Å². The van der Waals surface area contributed by atoms with Crippen LogP contribution in [0.25, 0.3) is 0 Å². The number of halogens is 1. The molecular formula is C13H17FO3S. The molecule has 2 unspecified atom stereocenters. The topological polar surface area (TPSA) is 57.5 Å². The van der Waals surface area contributed by atoms with Gasteiger partial charge in [0.05, 0.1) is 6.10 Å². The standard InChI is InChI=1S/C13H17FO3S/c1-7-4-10(5-8(2)12(7)14)13(17)11(16)6-18-9(3)15/h4-5,11,13,16-17H,6H2,1-3H3. The van der Waals surface area contributed by atoms with E-state index in [-0.39, 0.29) is 16.7 Å². The summed E-state index contributed by atoms with van der Waals surface area (Å²) in [6.07, 6.45) is -2.17. The number of aliphatic hydroxyl groups excluding tert-OH is 2. The molecule has 3 nitrogen and oxygen atoms in total. The highest BCUT2D eigenvalue weighted by Crippen LogP contribution is 2.24. The van der Waals surface area contributed by atoms with E-state index in [1.807, 2.05) is 0 Å². The number of hydrogen-bond acceptors (Lipinski definition) is 4. The number of aryl methyl sites for hydroxylation is 2. The van der Waals surface area contributed by atoms with Crippen molar-refractivity contribution in [3.8, 4) is 0 Å². The Morgan fingerprint density at radius 1 is 1.33 bits per heavy atom. The molecule has 0 spiro atoms. The fourth-order valence-electron chi connectivity index (χ4n) is 1.67.